The predicted octanol–water partition coefficient (Wildman–Crippen LogP) is 3.42. The standard InChI is InChI=1S/C24H21NO5/c26-22(17-30-23(27)15-25-24(28)20-9-5-2-6-10-20)19-11-13-21(14-12-19)29-16-18-7-3-1-4-8-18/h1-14H,15-17H2,(H,25,28). The summed E-state index contributed by atoms with van der Waals surface area (Å²) in [4.78, 5) is 35.9. The number of hydrogen-bond acceptors (Lipinski definition) is 5. The first kappa shape index (κ1) is 20.8. The van der Waals surface area contributed by atoms with Gasteiger partial charge in [-0.3, -0.25) is 14.4 Å². The smallest absolute Gasteiger partial charge is 0.325 e. The van der Waals surface area contributed by atoms with Gasteiger partial charge in [-0.1, -0.05) is 48.5 Å². The molecule has 0 bridgehead atoms. The van der Waals surface area contributed by atoms with Gasteiger partial charge in [0.1, 0.15) is 18.9 Å². The quantitative estimate of drug-likeness (QED) is 0.437. The van der Waals surface area contributed by atoms with Gasteiger partial charge in [0.2, 0.25) is 0 Å². The van der Waals surface area contributed by atoms with Crippen LogP contribution in [0.4, 0.5) is 0 Å². The zero-order valence-corrected chi connectivity index (χ0v) is 16.2. The Morgan fingerprint density at radius 1 is 0.733 bits per heavy atom. The third-order valence-corrected chi connectivity index (χ3v) is 4.22. The van der Waals surface area contributed by atoms with E-state index >= 15 is 0 Å². The zero-order chi connectivity index (χ0) is 21.2. The lowest BCUT2D eigenvalue weighted by Crippen LogP contribution is -2.31. The van der Waals surface area contributed by atoms with Crippen LogP contribution in [-0.4, -0.2) is 30.8 Å². The van der Waals surface area contributed by atoms with E-state index in [0.717, 1.165) is 5.56 Å². The van der Waals surface area contributed by atoms with Crippen molar-refractivity contribution in [2.45, 2.75) is 6.61 Å². The fourth-order valence-corrected chi connectivity index (χ4v) is 2.60. The monoisotopic (exact) mass is 403 g/mol. The fraction of sp³-hybridized carbons (Fsp3) is 0.125. The number of ketones is 1. The minimum atomic E-state index is -0.685. The molecule has 1 amide bonds. The second-order valence-corrected chi connectivity index (χ2v) is 6.43. The van der Waals surface area contributed by atoms with Crippen LogP contribution >= 0.6 is 0 Å². The molecule has 0 atom stereocenters. The molecule has 3 rings (SSSR count). The lowest BCUT2D eigenvalue weighted by Gasteiger charge is -2.08. The number of carbonyl (C=O) groups excluding carboxylic acids is 3. The van der Waals surface area contributed by atoms with Crippen molar-refractivity contribution >= 4 is 17.7 Å². The molecule has 0 unspecified atom stereocenters. The maximum absolute atomic E-state index is 12.2. The van der Waals surface area contributed by atoms with Crippen LogP contribution in [-0.2, 0) is 16.1 Å². The van der Waals surface area contributed by atoms with Crippen molar-refractivity contribution in [1.82, 2.24) is 5.32 Å². The highest BCUT2D eigenvalue weighted by atomic mass is 16.5. The van der Waals surface area contributed by atoms with Gasteiger partial charge in [0, 0.05) is 11.1 Å². The van der Waals surface area contributed by atoms with E-state index in [4.69, 9.17) is 9.47 Å². The summed E-state index contributed by atoms with van der Waals surface area (Å²) >= 11 is 0. The van der Waals surface area contributed by atoms with Gasteiger partial charge in [-0.15, -0.1) is 0 Å². The highest BCUT2D eigenvalue weighted by Gasteiger charge is 2.12. The average molecular weight is 403 g/mol. The Morgan fingerprint density at radius 2 is 1.37 bits per heavy atom. The molecule has 3 aromatic carbocycles. The average Bonchev–Trinajstić information content (AvgIpc) is 2.81. The van der Waals surface area contributed by atoms with Crippen molar-refractivity contribution in [3.05, 3.63) is 102 Å². The topological polar surface area (TPSA) is 81.7 Å². The number of hydrogen-bond donors (Lipinski definition) is 1. The van der Waals surface area contributed by atoms with Gasteiger partial charge < -0.3 is 14.8 Å². The van der Waals surface area contributed by atoms with Crippen LogP contribution in [0.5, 0.6) is 5.75 Å². The van der Waals surface area contributed by atoms with Gasteiger partial charge >= 0.3 is 5.97 Å². The highest BCUT2D eigenvalue weighted by Crippen LogP contribution is 2.14. The van der Waals surface area contributed by atoms with Crippen molar-refractivity contribution in [1.29, 1.82) is 0 Å². The Bertz CT molecular complexity index is 985. The summed E-state index contributed by atoms with van der Waals surface area (Å²) in [6.07, 6.45) is 0. The predicted molar refractivity (Wildman–Crippen MR) is 111 cm³/mol. The summed E-state index contributed by atoms with van der Waals surface area (Å²) in [6.45, 7) is -0.280. The molecule has 0 aromatic heterocycles. The van der Waals surface area contributed by atoms with Crippen molar-refractivity contribution in [3.63, 3.8) is 0 Å². The van der Waals surface area contributed by atoms with Crippen molar-refractivity contribution in [2.24, 2.45) is 0 Å². The molecule has 0 spiro atoms. The molecular weight excluding hydrogens is 382 g/mol. The number of ether oxygens (including phenoxy) is 2. The number of benzene rings is 3. The molecule has 3 aromatic rings. The van der Waals surface area contributed by atoms with Crippen molar-refractivity contribution in [3.8, 4) is 5.75 Å². The third-order valence-electron chi connectivity index (χ3n) is 4.22. The summed E-state index contributed by atoms with van der Waals surface area (Å²) in [7, 11) is 0. The van der Waals surface area contributed by atoms with Crippen molar-refractivity contribution in [2.75, 3.05) is 13.2 Å². The molecule has 0 aliphatic heterocycles. The number of amides is 1. The first-order chi connectivity index (χ1) is 14.6. The van der Waals surface area contributed by atoms with Crippen LogP contribution < -0.4 is 10.1 Å². The maximum Gasteiger partial charge on any atom is 0.325 e. The Hall–Kier alpha value is -3.93. The maximum atomic E-state index is 12.2. The van der Waals surface area contributed by atoms with Crippen LogP contribution in [0.25, 0.3) is 0 Å². The number of nitrogens with one attached hydrogen (secondary N) is 1. The minimum Gasteiger partial charge on any atom is -0.489 e. The number of carbonyl (C=O) groups is 3. The molecule has 0 saturated carbocycles. The molecule has 30 heavy (non-hydrogen) atoms. The largest absolute Gasteiger partial charge is 0.489 e. The summed E-state index contributed by atoms with van der Waals surface area (Å²) in [6, 6.07) is 24.9. The van der Waals surface area contributed by atoms with E-state index in [9.17, 15) is 14.4 Å². The van der Waals surface area contributed by atoms with E-state index in [0.29, 0.717) is 23.5 Å². The zero-order valence-electron chi connectivity index (χ0n) is 16.2. The Balaban J connectivity index is 1.40. The first-order valence-electron chi connectivity index (χ1n) is 9.40. The fourth-order valence-electron chi connectivity index (χ4n) is 2.60. The second-order valence-electron chi connectivity index (χ2n) is 6.43. The van der Waals surface area contributed by atoms with Gasteiger partial charge in [-0.05, 0) is 42.0 Å². The normalized spacial score (nSPS) is 10.1. The molecule has 6 heteroatoms. The summed E-state index contributed by atoms with van der Waals surface area (Å²) in [5.74, 6) is -0.774. The van der Waals surface area contributed by atoms with Gasteiger partial charge in [0.25, 0.3) is 5.91 Å². The summed E-state index contributed by atoms with van der Waals surface area (Å²) in [5.41, 5.74) is 1.89. The van der Waals surface area contributed by atoms with Crippen LogP contribution in [0.2, 0.25) is 0 Å². The van der Waals surface area contributed by atoms with E-state index < -0.39 is 12.6 Å². The molecule has 0 aliphatic rings. The molecule has 152 valence electrons. The first-order valence-corrected chi connectivity index (χ1v) is 9.40. The van der Waals surface area contributed by atoms with Crippen LogP contribution in [0.15, 0.2) is 84.9 Å². The van der Waals surface area contributed by atoms with Crippen molar-refractivity contribution < 1.29 is 23.9 Å². The Kier molecular flexibility index (Phi) is 7.33. The molecule has 6 nitrogen and oxygen atoms in total. The van der Waals surface area contributed by atoms with Gasteiger partial charge in [0.05, 0.1) is 0 Å². The summed E-state index contributed by atoms with van der Waals surface area (Å²) < 4.78 is 10.6. The molecule has 0 radical (unpaired) electrons. The highest BCUT2D eigenvalue weighted by molar-refractivity contribution is 5.98. The summed E-state index contributed by atoms with van der Waals surface area (Å²) in [5, 5.41) is 2.46. The van der Waals surface area contributed by atoms with Crippen LogP contribution in [0.1, 0.15) is 26.3 Å². The number of esters is 1. The van der Waals surface area contributed by atoms with E-state index in [1.54, 1.807) is 54.6 Å². The van der Waals surface area contributed by atoms with E-state index in [-0.39, 0.29) is 18.2 Å². The molecule has 0 aliphatic carbocycles. The SMILES string of the molecule is O=C(CNC(=O)c1ccccc1)OCC(=O)c1ccc(OCc2ccccc2)cc1. The lowest BCUT2D eigenvalue weighted by atomic mass is 10.1. The number of rotatable bonds is 9. The van der Waals surface area contributed by atoms with Gasteiger partial charge in [-0.25, -0.2) is 0 Å². The van der Waals surface area contributed by atoms with E-state index in [2.05, 4.69) is 5.32 Å². The minimum absolute atomic E-state index is 0.312. The molecule has 0 saturated heterocycles. The number of Topliss-reactive ketones (excluding diaryl/α,β-unsaturated/α-hetero) is 1. The second kappa shape index (κ2) is 10.6. The van der Waals surface area contributed by atoms with Gasteiger partial charge in [-0.2, -0.15) is 0 Å². The molecule has 0 fully saturated rings. The Morgan fingerprint density at radius 3 is 2.03 bits per heavy atom. The third kappa shape index (κ3) is 6.31. The lowest BCUT2D eigenvalue weighted by molar-refractivity contribution is -0.141. The van der Waals surface area contributed by atoms with Gasteiger partial charge in [0.15, 0.2) is 12.4 Å². The Labute approximate surface area is 174 Å². The molecular formula is C24H21NO5. The molecule has 1 N–H and O–H groups in total. The van der Waals surface area contributed by atoms with E-state index in [1.807, 2.05) is 30.3 Å². The van der Waals surface area contributed by atoms with E-state index in [1.165, 1.54) is 0 Å². The van der Waals surface area contributed by atoms with Crippen LogP contribution in [0, 0.1) is 0 Å². The van der Waals surface area contributed by atoms with Crippen LogP contribution in [0.3, 0.4) is 0 Å². The molecule has 0 heterocycles.